The highest BCUT2D eigenvalue weighted by atomic mass is 32.2. The summed E-state index contributed by atoms with van der Waals surface area (Å²) in [4.78, 5) is 4.91. The van der Waals surface area contributed by atoms with Gasteiger partial charge in [0.1, 0.15) is 5.75 Å². The second-order valence-electron chi connectivity index (χ2n) is 9.47. The Kier molecular flexibility index (Phi) is 5.95. The molecule has 6 aromatic rings. The first kappa shape index (κ1) is 23.4. The van der Waals surface area contributed by atoms with Crippen LogP contribution < -0.4 is 9.64 Å². The maximum absolute atomic E-state index is 5.42. The molecule has 39 heavy (non-hydrogen) atoms. The molecule has 188 valence electrons. The number of fused-ring (bicyclic) bond motifs is 3. The third kappa shape index (κ3) is 4.29. The van der Waals surface area contributed by atoms with Crippen molar-refractivity contribution in [2.45, 2.75) is 9.79 Å². The molecule has 0 unspecified atom stereocenters. The van der Waals surface area contributed by atoms with Gasteiger partial charge in [0.25, 0.3) is 0 Å². The number of hydrogen-bond donors (Lipinski definition) is 0. The molecule has 3 nitrogen and oxygen atoms in total. The number of hydrogen-bond acceptors (Lipinski definition) is 3. The average Bonchev–Trinajstić information content (AvgIpc) is 3.42. The topological polar surface area (TPSA) is 17.4 Å². The summed E-state index contributed by atoms with van der Waals surface area (Å²) in [5.41, 5.74) is 8.11. The fourth-order valence-corrected chi connectivity index (χ4v) is 6.28. The maximum atomic E-state index is 5.42. The van der Waals surface area contributed by atoms with Gasteiger partial charge in [0.05, 0.1) is 29.7 Å². The summed E-state index contributed by atoms with van der Waals surface area (Å²) in [7, 11) is 1.70. The first-order valence-electron chi connectivity index (χ1n) is 13.0. The Bertz CT molecular complexity index is 1770. The number of benzene rings is 5. The van der Waals surface area contributed by atoms with Crippen molar-refractivity contribution in [2.24, 2.45) is 0 Å². The molecule has 0 radical (unpaired) electrons. The summed E-state index contributed by atoms with van der Waals surface area (Å²) in [5, 5.41) is 1.19. The maximum Gasteiger partial charge on any atom is 0.118 e. The van der Waals surface area contributed by atoms with Gasteiger partial charge in [-0.3, -0.25) is 0 Å². The Balaban J connectivity index is 1.36. The summed E-state index contributed by atoms with van der Waals surface area (Å²) >= 11 is 1.83. The highest BCUT2D eigenvalue weighted by Gasteiger charge is 2.24. The van der Waals surface area contributed by atoms with E-state index >= 15 is 0 Å². The SMILES string of the molecule is COc1ccc(/C(=C/c2ccccc2)n2ccc3cc(N4c5ccccc5Sc5ccccc54)ccc32)cc1. The highest BCUT2D eigenvalue weighted by Crippen LogP contribution is 2.51. The van der Waals surface area contributed by atoms with Crippen LogP contribution in [-0.2, 0) is 0 Å². The van der Waals surface area contributed by atoms with Crippen molar-refractivity contribution in [2.75, 3.05) is 12.0 Å². The van der Waals surface area contributed by atoms with Gasteiger partial charge in [0, 0.05) is 27.1 Å². The van der Waals surface area contributed by atoms with Crippen LogP contribution >= 0.6 is 11.8 Å². The molecule has 0 saturated heterocycles. The number of aromatic nitrogens is 1. The number of nitrogens with zero attached hydrogens (tertiary/aromatic N) is 2. The van der Waals surface area contributed by atoms with E-state index < -0.39 is 0 Å². The number of rotatable bonds is 5. The zero-order chi connectivity index (χ0) is 26.2. The van der Waals surface area contributed by atoms with E-state index in [-0.39, 0.29) is 0 Å². The van der Waals surface area contributed by atoms with E-state index in [0.29, 0.717) is 0 Å². The molecule has 5 aromatic carbocycles. The van der Waals surface area contributed by atoms with Crippen molar-refractivity contribution in [3.8, 4) is 5.75 Å². The molecule has 1 aliphatic heterocycles. The van der Waals surface area contributed by atoms with Gasteiger partial charge in [-0.15, -0.1) is 0 Å². The molecule has 0 bridgehead atoms. The van der Waals surface area contributed by atoms with E-state index in [1.807, 2.05) is 30.0 Å². The van der Waals surface area contributed by atoms with Crippen molar-refractivity contribution in [1.82, 2.24) is 4.57 Å². The zero-order valence-corrected chi connectivity index (χ0v) is 22.3. The Morgan fingerprint density at radius 3 is 2.05 bits per heavy atom. The van der Waals surface area contributed by atoms with Crippen LogP contribution in [0.2, 0.25) is 0 Å². The number of ether oxygens (including phenoxy) is 1. The molecule has 0 spiro atoms. The molecule has 0 N–H and O–H groups in total. The lowest BCUT2D eigenvalue weighted by atomic mass is 10.1. The van der Waals surface area contributed by atoms with Gasteiger partial charge in [-0.2, -0.15) is 0 Å². The Hall–Kier alpha value is -4.67. The predicted octanol–water partition coefficient (Wildman–Crippen LogP) is 9.63. The molecule has 2 heterocycles. The fourth-order valence-electron chi connectivity index (χ4n) is 5.22. The Labute approximate surface area is 232 Å². The van der Waals surface area contributed by atoms with E-state index in [1.54, 1.807) is 7.11 Å². The molecule has 0 aliphatic carbocycles. The van der Waals surface area contributed by atoms with Gasteiger partial charge in [-0.25, -0.2) is 0 Å². The van der Waals surface area contributed by atoms with Crippen LogP contribution in [0.25, 0.3) is 22.7 Å². The Morgan fingerprint density at radius 1 is 0.692 bits per heavy atom. The zero-order valence-electron chi connectivity index (χ0n) is 21.5. The molecule has 4 heteroatoms. The minimum atomic E-state index is 0.847. The van der Waals surface area contributed by atoms with Crippen LogP contribution in [0.4, 0.5) is 17.1 Å². The first-order chi connectivity index (χ1) is 19.3. The smallest absolute Gasteiger partial charge is 0.118 e. The van der Waals surface area contributed by atoms with Gasteiger partial charge >= 0.3 is 0 Å². The van der Waals surface area contributed by atoms with Crippen LogP contribution in [0.5, 0.6) is 5.75 Å². The molecule has 7 rings (SSSR count). The van der Waals surface area contributed by atoms with E-state index in [4.69, 9.17) is 4.74 Å². The van der Waals surface area contributed by atoms with Crippen molar-refractivity contribution in [3.05, 3.63) is 145 Å². The normalized spacial score (nSPS) is 12.7. The minimum absolute atomic E-state index is 0.847. The van der Waals surface area contributed by atoms with Gasteiger partial charge in [0.2, 0.25) is 0 Å². The van der Waals surface area contributed by atoms with E-state index in [9.17, 15) is 0 Å². The molecule has 1 aliphatic rings. The van der Waals surface area contributed by atoms with Gasteiger partial charge < -0.3 is 14.2 Å². The number of para-hydroxylation sites is 2. The lowest BCUT2D eigenvalue weighted by molar-refractivity contribution is 0.415. The first-order valence-corrected chi connectivity index (χ1v) is 13.8. The van der Waals surface area contributed by atoms with Crippen LogP contribution in [-0.4, -0.2) is 11.7 Å². The molecular formula is C35H26N2OS. The predicted molar refractivity (Wildman–Crippen MR) is 163 cm³/mol. The van der Waals surface area contributed by atoms with Gasteiger partial charge in [0.15, 0.2) is 0 Å². The number of methoxy groups -OCH3 is 1. The van der Waals surface area contributed by atoms with Crippen LogP contribution in [0, 0.1) is 0 Å². The summed E-state index contributed by atoms with van der Waals surface area (Å²) in [6.45, 7) is 0. The molecule has 1 aromatic heterocycles. The standard InChI is InChI=1S/C35H26N2OS/c1-38-29-18-15-26(16-19-29)33(23-25-9-3-2-4-10-25)36-22-21-27-24-28(17-20-30(27)36)37-31-11-5-7-13-34(31)39-35-14-8-6-12-32(35)37/h2-24H,1H3/b33-23-. The van der Waals surface area contributed by atoms with Crippen molar-refractivity contribution in [3.63, 3.8) is 0 Å². The summed E-state index contributed by atoms with van der Waals surface area (Å²) in [5.74, 6) is 0.847. The molecule has 0 fully saturated rings. The third-order valence-electron chi connectivity index (χ3n) is 7.11. The molecular weight excluding hydrogens is 496 g/mol. The van der Waals surface area contributed by atoms with Crippen LogP contribution in [0.15, 0.2) is 143 Å². The van der Waals surface area contributed by atoms with Crippen molar-refractivity contribution >= 4 is 51.5 Å². The lowest BCUT2D eigenvalue weighted by Gasteiger charge is -2.32. The second-order valence-corrected chi connectivity index (χ2v) is 10.6. The van der Waals surface area contributed by atoms with Gasteiger partial charge in [-0.1, -0.05) is 66.4 Å². The summed E-state index contributed by atoms with van der Waals surface area (Å²) in [6, 6.07) is 45.0. The van der Waals surface area contributed by atoms with E-state index in [2.05, 4.69) is 131 Å². The Morgan fingerprint density at radius 2 is 1.36 bits per heavy atom. The molecule has 0 amide bonds. The van der Waals surface area contributed by atoms with E-state index in [1.165, 1.54) is 26.6 Å². The lowest BCUT2D eigenvalue weighted by Crippen LogP contribution is -2.14. The van der Waals surface area contributed by atoms with Gasteiger partial charge in [-0.05, 0) is 90.0 Å². The van der Waals surface area contributed by atoms with Crippen LogP contribution in [0.1, 0.15) is 11.1 Å². The van der Waals surface area contributed by atoms with Crippen LogP contribution in [0.3, 0.4) is 0 Å². The monoisotopic (exact) mass is 522 g/mol. The summed E-state index contributed by atoms with van der Waals surface area (Å²) < 4.78 is 7.70. The average molecular weight is 523 g/mol. The van der Waals surface area contributed by atoms with E-state index in [0.717, 1.165) is 33.8 Å². The fraction of sp³-hybridized carbons (Fsp3) is 0.0286. The third-order valence-corrected chi connectivity index (χ3v) is 8.24. The second kappa shape index (κ2) is 9.90. The van der Waals surface area contributed by atoms with Crippen molar-refractivity contribution in [1.29, 1.82) is 0 Å². The quantitative estimate of drug-likeness (QED) is 0.210. The highest BCUT2D eigenvalue weighted by molar-refractivity contribution is 7.99. The van der Waals surface area contributed by atoms with Crippen molar-refractivity contribution < 1.29 is 4.74 Å². The summed E-state index contributed by atoms with van der Waals surface area (Å²) in [6.07, 6.45) is 4.41. The number of anilines is 3. The molecule has 0 saturated carbocycles. The molecule has 0 atom stereocenters. The largest absolute Gasteiger partial charge is 0.497 e. The minimum Gasteiger partial charge on any atom is -0.497 e.